The van der Waals surface area contributed by atoms with Crippen LogP contribution >= 0.6 is 15.9 Å². The Balaban J connectivity index is 2.07. The van der Waals surface area contributed by atoms with Gasteiger partial charge in [0.25, 0.3) is 0 Å². The Morgan fingerprint density at radius 2 is 2.00 bits per heavy atom. The second-order valence-corrected chi connectivity index (χ2v) is 4.74. The van der Waals surface area contributed by atoms with Crippen LogP contribution in [0.4, 0.5) is 5.69 Å². The molecule has 2 rings (SSSR count). The fourth-order valence-corrected chi connectivity index (χ4v) is 1.91. The van der Waals surface area contributed by atoms with Crippen LogP contribution < -0.4 is 5.32 Å². The molecule has 0 bridgehead atoms. The van der Waals surface area contributed by atoms with Crippen LogP contribution in [0, 0.1) is 13.8 Å². The van der Waals surface area contributed by atoms with E-state index in [9.17, 15) is 0 Å². The predicted molar refractivity (Wildman–Crippen MR) is 69.7 cm³/mol. The van der Waals surface area contributed by atoms with Gasteiger partial charge in [0.05, 0.1) is 6.54 Å². The van der Waals surface area contributed by atoms with Crippen LogP contribution in [0.1, 0.15) is 17.1 Å². The monoisotopic (exact) mass is 279 g/mol. The van der Waals surface area contributed by atoms with Gasteiger partial charge in [0.2, 0.25) is 0 Å². The molecular formula is C13H14BrNO. The van der Waals surface area contributed by atoms with E-state index in [0.717, 1.165) is 21.7 Å². The highest BCUT2D eigenvalue weighted by Crippen LogP contribution is 2.21. The van der Waals surface area contributed by atoms with E-state index >= 15 is 0 Å². The standard InChI is InChI=1S/C13H14BrNO/c1-9-3-5-11(14)7-13(9)15-8-12-6-4-10(2)16-12/h3-7,15H,8H2,1-2H3. The zero-order chi connectivity index (χ0) is 11.5. The lowest BCUT2D eigenvalue weighted by atomic mass is 10.2. The van der Waals surface area contributed by atoms with Crippen molar-refractivity contribution in [1.82, 2.24) is 0 Å². The fraction of sp³-hybridized carbons (Fsp3) is 0.231. The van der Waals surface area contributed by atoms with Crippen LogP contribution in [0.5, 0.6) is 0 Å². The number of halogens is 1. The van der Waals surface area contributed by atoms with Crippen molar-refractivity contribution >= 4 is 21.6 Å². The molecule has 0 aliphatic heterocycles. The predicted octanol–water partition coefficient (Wildman–Crippen LogP) is 4.27. The summed E-state index contributed by atoms with van der Waals surface area (Å²) in [5.74, 6) is 1.90. The van der Waals surface area contributed by atoms with Gasteiger partial charge >= 0.3 is 0 Å². The van der Waals surface area contributed by atoms with Crippen molar-refractivity contribution in [3.05, 3.63) is 51.9 Å². The molecule has 1 N–H and O–H groups in total. The van der Waals surface area contributed by atoms with E-state index in [1.165, 1.54) is 5.56 Å². The molecule has 1 heterocycles. The maximum absolute atomic E-state index is 5.50. The van der Waals surface area contributed by atoms with Crippen LogP contribution in [-0.4, -0.2) is 0 Å². The summed E-state index contributed by atoms with van der Waals surface area (Å²) in [5, 5.41) is 3.36. The SMILES string of the molecule is Cc1ccc(CNc2cc(Br)ccc2C)o1. The maximum atomic E-state index is 5.50. The van der Waals surface area contributed by atoms with Gasteiger partial charge < -0.3 is 9.73 Å². The van der Waals surface area contributed by atoms with Gasteiger partial charge in [-0.05, 0) is 43.7 Å². The molecule has 2 aromatic rings. The van der Waals surface area contributed by atoms with E-state index in [4.69, 9.17) is 4.42 Å². The second-order valence-electron chi connectivity index (χ2n) is 3.83. The molecular weight excluding hydrogens is 266 g/mol. The first-order valence-corrected chi connectivity index (χ1v) is 6.00. The molecule has 0 unspecified atom stereocenters. The van der Waals surface area contributed by atoms with E-state index in [-0.39, 0.29) is 0 Å². The molecule has 0 radical (unpaired) electrons. The van der Waals surface area contributed by atoms with Gasteiger partial charge in [0.15, 0.2) is 0 Å². The smallest absolute Gasteiger partial charge is 0.123 e. The van der Waals surface area contributed by atoms with E-state index in [2.05, 4.69) is 40.3 Å². The zero-order valence-corrected chi connectivity index (χ0v) is 11.0. The third-order valence-electron chi connectivity index (χ3n) is 2.45. The van der Waals surface area contributed by atoms with Crippen molar-refractivity contribution in [3.8, 4) is 0 Å². The summed E-state index contributed by atoms with van der Waals surface area (Å²) in [5.41, 5.74) is 2.36. The molecule has 84 valence electrons. The van der Waals surface area contributed by atoms with Crippen molar-refractivity contribution in [2.45, 2.75) is 20.4 Å². The molecule has 0 saturated carbocycles. The number of anilines is 1. The molecule has 3 heteroatoms. The largest absolute Gasteiger partial charge is 0.465 e. The van der Waals surface area contributed by atoms with Crippen LogP contribution in [0.2, 0.25) is 0 Å². The fourth-order valence-electron chi connectivity index (χ4n) is 1.55. The minimum Gasteiger partial charge on any atom is -0.465 e. The highest BCUT2D eigenvalue weighted by molar-refractivity contribution is 9.10. The second kappa shape index (κ2) is 4.74. The topological polar surface area (TPSA) is 25.2 Å². The number of hydrogen-bond acceptors (Lipinski definition) is 2. The van der Waals surface area contributed by atoms with Crippen molar-refractivity contribution < 1.29 is 4.42 Å². The van der Waals surface area contributed by atoms with Crippen molar-refractivity contribution in [3.63, 3.8) is 0 Å². The van der Waals surface area contributed by atoms with Gasteiger partial charge in [0, 0.05) is 10.2 Å². The third kappa shape index (κ3) is 2.67. The molecule has 0 aliphatic carbocycles. The highest BCUT2D eigenvalue weighted by Gasteiger charge is 2.01. The summed E-state index contributed by atoms with van der Waals surface area (Å²) in [4.78, 5) is 0. The van der Waals surface area contributed by atoms with Crippen molar-refractivity contribution in [2.75, 3.05) is 5.32 Å². The number of furan rings is 1. The van der Waals surface area contributed by atoms with Gasteiger partial charge in [0.1, 0.15) is 11.5 Å². The summed E-state index contributed by atoms with van der Waals surface area (Å²) in [6, 6.07) is 10.2. The van der Waals surface area contributed by atoms with E-state index < -0.39 is 0 Å². The molecule has 16 heavy (non-hydrogen) atoms. The Kier molecular flexibility index (Phi) is 3.34. The minimum atomic E-state index is 0.713. The van der Waals surface area contributed by atoms with Gasteiger partial charge in [-0.3, -0.25) is 0 Å². The Morgan fingerprint density at radius 3 is 2.69 bits per heavy atom. The number of nitrogens with one attached hydrogen (secondary N) is 1. The molecule has 0 atom stereocenters. The van der Waals surface area contributed by atoms with Gasteiger partial charge in [-0.25, -0.2) is 0 Å². The summed E-state index contributed by atoms with van der Waals surface area (Å²) in [7, 11) is 0. The Labute approximate surface area is 104 Å². The van der Waals surface area contributed by atoms with Crippen LogP contribution in [-0.2, 0) is 6.54 Å². The molecule has 0 amide bonds. The van der Waals surface area contributed by atoms with Crippen molar-refractivity contribution in [1.29, 1.82) is 0 Å². The lowest BCUT2D eigenvalue weighted by Gasteiger charge is -2.08. The first-order chi connectivity index (χ1) is 7.65. The number of hydrogen-bond donors (Lipinski definition) is 1. The average molecular weight is 280 g/mol. The molecule has 1 aromatic carbocycles. The van der Waals surface area contributed by atoms with Crippen molar-refractivity contribution in [2.24, 2.45) is 0 Å². The summed E-state index contributed by atoms with van der Waals surface area (Å²) in [6.07, 6.45) is 0. The quantitative estimate of drug-likeness (QED) is 0.908. The Bertz CT molecular complexity index is 490. The summed E-state index contributed by atoms with van der Waals surface area (Å²) >= 11 is 3.46. The highest BCUT2D eigenvalue weighted by atomic mass is 79.9. The molecule has 2 nitrogen and oxygen atoms in total. The minimum absolute atomic E-state index is 0.713. The average Bonchev–Trinajstić information content (AvgIpc) is 2.66. The van der Waals surface area contributed by atoms with Gasteiger partial charge in [-0.15, -0.1) is 0 Å². The van der Waals surface area contributed by atoms with E-state index in [1.54, 1.807) is 0 Å². The summed E-state index contributed by atoms with van der Waals surface area (Å²) in [6.45, 7) is 4.75. The number of aryl methyl sites for hydroxylation is 2. The van der Waals surface area contributed by atoms with Gasteiger partial charge in [-0.2, -0.15) is 0 Å². The molecule has 0 fully saturated rings. The normalized spacial score (nSPS) is 10.4. The van der Waals surface area contributed by atoms with E-state index in [1.807, 2.05) is 25.1 Å². The summed E-state index contributed by atoms with van der Waals surface area (Å²) < 4.78 is 6.58. The van der Waals surface area contributed by atoms with E-state index in [0.29, 0.717) is 6.54 Å². The van der Waals surface area contributed by atoms with Crippen LogP contribution in [0.3, 0.4) is 0 Å². The van der Waals surface area contributed by atoms with Crippen LogP contribution in [0.15, 0.2) is 39.2 Å². The third-order valence-corrected chi connectivity index (χ3v) is 2.94. The Hall–Kier alpha value is -1.22. The molecule has 0 spiro atoms. The Morgan fingerprint density at radius 1 is 1.19 bits per heavy atom. The lowest BCUT2D eigenvalue weighted by molar-refractivity contribution is 0.490. The zero-order valence-electron chi connectivity index (χ0n) is 9.38. The van der Waals surface area contributed by atoms with Gasteiger partial charge in [-0.1, -0.05) is 22.0 Å². The first-order valence-electron chi connectivity index (χ1n) is 5.20. The lowest BCUT2D eigenvalue weighted by Crippen LogP contribution is -1.99. The number of benzene rings is 1. The maximum Gasteiger partial charge on any atom is 0.123 e. The van der Waals surface area contributed by atoms with Crippen LogP contribution in [0.25, 0.3) is 0 Å². The molecule has 0 aliphatic rings. The molecule has 1 aromatic heterocycles. The first kappa shape index (κ1) is 11.3. The molecule has 0 saturated heterocycles. The number of rotatable bonds is 3.